The molecule has 0 aliphatic carbocycles. The molecule has 0 unspecified atom stereocenters. The molecule has 1 heterocycles. The van der Waals surface area contributed by atoms with Crippen LogP contribution in [-0.4, -0.2) is 24.4 Å². The zero-order valence-electron chi connectivity index (χ0n) is 10.7. The van der Waals surface area contributed by atoms with Gasteiger partial charge in [0.1, 0.15) is 13.2 Å². The summed E-state index contributed by atoms with van der Waals surface area (Å²) in [5, 5.41) is 6.97. The van der Waals surface area contributed by atoms with Crippen LogP contribution in [0.4, 0.5) is 5.69 Å². The lowest BCUT2D eigenvalue weighted by Crippen LogP contribution is -2.35. The van der Waals surface area contributed by atoms with Gasteiger partial charge in [-0.3, -0.25) is 0 Å². The molecule has 18 heavy (non-hydrogen) atoms. The van der Waals surface area contributed by atoms with Gasteiger partial charge in [0.05, 0.1) is 0 Å². The van der Waals surface area contributed by atoms with Crippen LogP contribution >= 0.6 is 12.2 Å². The van der Waals surface area contributed by atoms with Gasteiger partial charge in [-0.15, -0.1) is 0 Å². The van der Waals surface area contributed by atoms with Crippen molar-refractivity contribution >= 4 is 23.0 Å². The summed E-state index contributed by atoms with van der Waals surface area (Å²) in [4.78, 5) is 0. The number of anilines is 1. The molecule has 0 amide bonds. The quantitative estimate of drug-likeness (QED) is 0.823. The van der Waals surface area contributed by atoms with Crippen molar-refractivity contribution in [1.29, 1.82) is 0 Å². The standard InChI is InChI=1S/C13H18N2O2S/c1-3-9(2)14-13(18)15-10-4-5-11-12(8-10)17-7-6-16-11/h4-5,8-9H,3,6-7H2,1-2H3,(H2,14,15,18)/t9-/m1/s1. The number of hydrogen-bond donors (Lipinski definition) is 2. The maximum absolute atomic E-state index is 5.52. The number of hydrogen-bond acceptors (Lipinski definition) is 3. The van der Waals surface area contributed by atoms with Crippen molar-refractivity contribution in [1.82, 2.24) is 5.32 Å². The number of rotatable bonds is 3. The second kappa shape index (κ2) is 5.91. The van der Waals surface area contributed by atoms with E-state index in [4.69, 9.17) is 21.7 Å². The van der Waals surface area contributed by atoms with Gasteiger partial charge in [0.15, 0.2) is 16.6 Å². The molecule has 1 atom stereocenters. The highest BCUT2D eigenvalue weighted by atomic mass is 32.1. The van der Waals surface area contributed by atoms with Crippen molar-refractivity contribution < 1.29 is 9.47 Å². The summed E-state index contributed by atoms with van der Waals surface area (Å²) < 4.78 is 11.0. The molecule has 0 radical (unpaired) electrons. The SMILES string of the molecule is CC[C@@H](C)NC(=S)Nc1ccc2c(c1)OCCO2. The molecule has 5 heteroatoms. The van der Waals surface area contributed by atoms with Gasteiger partial charge in [0, 0.05) is 17.8 Å². The van der Waals surface area contributed by atoms with E-state index in [0.717, 1.165) is 23.6 Å². The van der Waals surface area contributed by atoms with E-state index < -0.39 is 0 Å². The van der Waals surface area contributed by atoms with E-state index in [1.165, 1.54) is 0 Å². The van der Waals surface area contributed by atoms with Gasteiger partial charge < -0.3 is 20.1 Å². The molecular formula is C13H18N2O2S. The van der Waals surface area contributed by atoms with Crippen LogP contribution < -0.4 is 20.1 Å². The van der Waals surface area contributed by atoms with Crippen molar-refractivity contribution in [3.8, 4) is 11.5 Å². The fourth-order valence-corrected chi connectivity index (χ4v) is 1.93. The predicted molar refractivity (Wildman–Crippen MR) is 76.5 cm³/mol. The van der Waals surface area contributed by atoms with Crippen LogP contribution in [0.15, 0.2) is 18.2 Å². The second-order valence-corrected chi connectivity index (χ2v) is 4.67. The zero-order chi connectivity index (χ0) is 13.0. The molecular weight excluding hydrogens is 248 g/mol. The minimum atomic E-state index is 0.363. The monoisotopic (exact) mass is 266 g/mol. The lowest BCUT2D eigenvalue weighted by molar-refractivity contribution is 0.171. The normalized spacial score (nSPS) is 14.8. The highest BCUT2D eigenvalue weighted by molar-refractivity contribution is 7.80. The number of fused-ring (bicyclic) bond motifs is 1. The van der Waals surface area contributed by atoms with E-state index in [1.807, 2.05) is 18.2 Å². The molecule has 0 aromatic heterocycles. The van der Waals surface area contributed by atoms with E-state index in [-0.39, 0.29) is 0 Å². The Bertz CT molecular complexity index is 437. The molecule has 0 fully saturated rings. The Balaban J connectivity index is 1.99. The average molecular weight is 266 g/mol. The van der Waals surface area contributed by atoms with Crippen molar-refractivity contribution in [2.45, 2.75) is 26.3 Å². The van der Waals surface area contributed by atoms with Gasteiger partial charge in [0.25, 0.3) is 0 Å². The molecule has 2 rings (SSSR count). The fraction of sp³-hybridized carbons (Fsp3) is 0.462. The Morgan fingerprint density at radius 1 is 1.33 bits per heavy atom. The molecule has 98 valence electrons. The van der Waals surface area contributed by atoms with Gasteiger partial charge in [-0.25, -0.2) is 0 Å². The fourth-order valence-electron chi connectivity index (χ4n) is 1.61. The molecule has 4 nitrogen and oxygen atoms in total. The van der Waals surface area contributed by atoms with E-state index >= 15 is 0 Å². The van der Waals surface area contributed by atoms with Crippen molar-refractivity contribution in [3.63, 3.8) is 0 Å². The van der Waals surface area contributed by atoms with Crippen LogP contribution in [0.3, 0.4) is 0 Å². The van der Waals surface area contributed by atoms with E-state index in [2.05, 4.69) is 24.5 Å². The van der Waals surface area contributed by atoms with Crippen LogP contribution in [0, 0.1) is 0 Å². The molecule has 1 aliphatic rings. The first-order valence-electron chi connectivity index (χ1n) is 6.16. The maximum Gasteiger partial charge on any atom is 0.170 e. The first-order valence-corrected chi connectivity index (χ1v) is 6.57. The van der Waals surface area contributed by atoms with Gasteiger partial charge in [-0.2, -0.15) is 0 Å². The Labute approximate surface area is 113 Å². The average Bonchev–Trinajstić information content (AvgIpc) is 2.38. The summed E-state index contributed by atoms with van der Waals surface area (Å²) >= 11 is 5.24. The largest absolute Gasteiger partial charge is 0.486 e. The first kappa shape index (κ1) is 13.0. The first-order chi connectivity index (χ1) is 8.69. The summed E-state index contributed by atoms with van der Waals surface area (Å²) in [6, 6.07) is 6.09. The molecule has 1 aromatic carbocycles. The third-order valence-corrected chi connectivity index (χ3v) is 3.01. The molecule has 2 N–H and O–H groups in total. The molecule has 0 saturated heterocycles. The smallest absolute Gasteiger partial charge is 0.170 e. The molecule has 0 bridgehead atoms. The van der Waals surface area contributed by atoms with Gasteiger partial charge in [0.2, 0.25) is 0 Å². The predicted octanol–water partition coefficient (Wildman–Crippen LogP) is 2.54. The summed E-state index contributed by atoms with van der Waals surface area (Å²) in [6.45, 7) is 5.40. The zero-order valence-corrected chi connectivity index (χ0v) is 11.5. The van der Waals surface area contributed by atoms with E-state index in [9.17, 15) is 0 Å². The minimum Gasteiger partial charge on any atom is -0.486 e. The van der Waals surface area contributed by atoms with Crippen molar-refractivity contribution in [3.05, 3.63) is 18.2 Å². The van der Waals surface area contributed by atoms with E-state index in [0.29, 0.717) is 24.4 Å². The lowest BCUT2D eigenvalue weighted by Gasteiger charge is -2.20. The minimum absolute atomic E-state index is 0.363. The number of thiocarbonyl (C=S) groups is 1. The highest BCUT2D eigenvalue weighted by Gasteiger charge is 2.12. The number of nitrogens with one attached hydrogen (secondary N) is 2. The van der Waals surface area contributed by atoms with E-state index in [1.54, 1.807) is 0 Å². The van der Waals surface area contributed by atoms with Crippen LogP contribution in [0.1, 0.15) is 20.3 Å². The van der Waals surface area contributed by atoms with Gasteiger partial charge in [-0.1, -0.05) is 6.92 Å². The lowest BCUT2D eigenvalue weighted by atomic mass is 10.2. The Morgan fingerprint density at radius 3 is 2.78 bits per heavy atom. The molecule has 0 spiro atoms. The Hall–Kier alpha value is -1.49. The van der Waals surface area contributed by atoms with Gasteiger partial charge >= 0.3 is 0 Å². The van der Waals surface area contributed by atoms with Crippen molar-refractivity contribution in [2.24, 2.45) is 0 Å². The maximum atomic E-state index is 5.52. The molecule has 1 aromatic rings. The number of ether oxygens (including phenoxy) is 2. The van der Waals surface area contributed by atoms with Gasteiger partial charge in [-0.05, 0) is 37.7 Å². The van der Waals surface area contributed by atoms with Crippen LogP contribution in [0.5, 0.6) is 11.5 Å². The summed E-state index contributed by atoms with van der Waals surface area (Å²) in [7, 11) is 0. The third-order valence-electron chi connectivity index (χ3n) is 2.79. The number of benzene rings is 1. The third kappa shape index (κ3) is 3.26. The molecule has 1 aliphatic heterocycles. The van der Waals surface area contributed by atoms with Crippen LogP contribution in [0.2, 0.25) is 0 Å². The van der Waals surface area contributed by atoms with Crippen LogP contribution in [-0.2, 0) is 0 Å². The topological polar surface area (TPSA) is 42.5 Å². The second-order valence-electron chi connectivity index (χ2n) is 4.27. The Kier molecular flexibility index (Phi) is 4.25. The summed E-state index contributed by atoms with van der Waals surface area (Å²) in [5.41, 5.74) is 0.903. The summed E-state index contributed by atoms with van der Waals surface area (Å²) in [5.74, 6) is 1.55. The summed E-state index contributed by atoms with van der Waals surface area (Å²) in [6.07, 6.45) is 1.03. The Morgan fingerprint density at radius 2 is 2.06 bits per heavy atom. The highest BCUT2D eigenvalue weighted by Crippen LogP contribution is 2.32. The molecule has 0 saturated carbocycles. The van der Waals surface area contributed by atoms with Crippen LogP contribution in [0.25, 0.3) is 0 Å². The van der Waals surface area contributed by atoms with Crippen molar-refractivity contribution in [2.75, 3.05) is 18.5 Å².